The molecule has 0 bridgehead atoms. The molecule has 0 saturated carbocycles. The van der Waals surface area contributed by atoms with Gasteiger partial charge in [0.2, 0.25) is 5.79 Å². The number of fused-ring (bicyclic) bond motifs is 2. The highest BCUT2D eigenvalue weighted by Gasteiger charge is 2.84. The Bertz CT molecular complexity index is 1180. The van der Waals surface area contributed by atoms with Crippen LogP contribution in [0.5, 0.6) is 0 Å². The molecule has 1 spiro atoms. The highest BCUT2D eigenvalue weighted by atomic mass is 16.8. The van der Waals surface area contributed by atoms with Crippen LogP contribution in [-0.2, 0) is 16.0 Å². The number of nitrogens with zero attached hydrogens (tertiary/aromatic N) is 1. The van der Waals surface area contributed by atoms with Crippen molar-refractivity contribution in [3.8, 4) is 0 Å². The zero-order valence-electron chi connectivity index (χ0n) is 17.9. The van der Waals surface area contributed by atoms with Crippen LogP contribution in [0, 0.1) is 11.8 Å². The molecular weight excluding hydrogens is 416 g/mol. The summed E-state index contributed by atoms with van der Waals surface area (Å²) < 4.78 is 5.64. The minimum atomic E-state index is -2.32. The van der Waals surface area contributed by atoms with Crippen LogP contribution in [0.3, 0.4) is 0 Å². The van der Waals surface area contributed by atoms with Crippen LogP contribution < -0.4 is 5.73 Å². The van der Waals surface area contributed by atoms with Gasteiger partial charge in [-0.25, -0.2) is 0 Å². The first-order valence-corrected chi connectivity index (χ1v) is 10.4. The first-order valence-electron chi connectivity index (χ1n) is 10.4. The SMILES string of the molecule is CC(=O)c1cccc2c1C[C@H]1C[C@H]3[C@H](N(C)C)C(O)=C(C(N)=O)C4(O)O[C@]34C(O)=C1C2=O. The molecule has 4 aliphatic rings. The molecule has 1 saturated heterocycles. The molecule has 9 nitrogen and oxygen atoms in total. The summed E-state index contributed by atoms with van der Waals surface area (Å²) in [6.45, 7) is 1.44. The summed E-state index contributed by atoms with van der Waals surface area (Å²) in [6.07, 6.45) is 0.618. The predicted octanol–water partition coefficient (Wildman–Crippen LogP) is 0.775. The Morgan fingerprint density at radius 1 is 1.25 bits per heavy atom. The summed E-state index contributed by atoms with van der Waals surface area (Å²) in [5.74, 6) is -5.96. The van der Waals surface area contributed by atoms with E-state index in [0.717, 1.165) is 0 Å². The van der Waals surface area contributed by atoms with Gasteiger partial charge in [-0.05, 0) is 45.3 Å². The third-order valence-electron chi connectivity index (χ3n) is 7.40. The molecule has 1 aromatic rings. The summed E-state index contributed by atoms with van der Waals surface area (Å²) >= 11 is 0. The lowest BCUT2D eigenvalue weighted by atomic mass is 9.60. The number of hydrogen-bond donors (Lipinski definition) is 4. The van der Waals surface area contributed by atoms with Gasteiger partial charge in [0, 0.05) is 22.6 Å². The fourth-order valence-electron chi connectivity index (χ4n) is 6.12. The number of aliphatic hydroxyl groups excluding tert-OH is 2. The first-order chi connectivity index (χ1) is 15.0. The molecule has 32 heavy (non-hydrogen) atoms. The van der Waals surface area contributed by atoms with Crippen LogP contribution in [-0.4, -0.2) is 69.2 Å². The summed E-state index contributed by atoms with van der Waals surface area (Å²) in [4.78, 5) is 39.4. The van der Waals surface area contributed by atoms with Crippen molar-refractivity contribution in [3.05, 3.63) is 57.6 Å². The normalized spacial score (nSPS) is 35.2. The van der Waals surface area contributed by atoms with E-state index in [2.05, 4.69) is 0 Å². The maximum atomic E-state index is 13.4. The average molecular weight is 440 g/mol. The van der Waals surface area contributed by atoms with E-state index in [1.165, 1.54) is 6.92 Å². The number of ether oxygens (including phenoxy) is 1. The molecule has 9 heteroatoms. The van der Waals surface area contributed by atoms with Gasteiger partial charge < -0.3 is 25.8 Å². The van der Waals surface area contributed by atoms with Gasteiger partial charge in [-0.1, -0.05) is 18.2 Å². The number of ketones is 2. The number of allylic oxidation sites excluding steroid dienone is 1. The molecule has 1 fully saturated rings. The molecule has 5 atom stereocenters. The number of rotatable bonds is 3. The lowest BCUT2D eigenvalue weighted by Gasteiger charge is -2.45. The van der Waals surface area contributed by atoms with Gasteiger partial charge in [-0.15, -0.1) is 0 Å². The van der Waals surface area contributed by atoms with E-state index in [1.807, 2.05) is 0 Å². The number of benzene rings is 1. The Morgan fingerprint density at radius 2 is 1.94 bits per heavy atom. The maximum absolute atomic E-state index is 13.4. The van der Waals surface area contributed by atoms with E-state index in [-0.39, 0.29) is 17.8 Å². The van der Waals surface area contributed by atoms with Crippen LogP contribution in [0.1, 0.15) is 39.6 Å². The number of aliphatic hydroxyl groups is 3. The van der Waals surface area contributed by atoms with Crippen molar-refractivity contribution in [2.75, 3.05) is 14.1 Å². The van der Waals surface area contributed by atoms with Crippen molar-refractivity contribution in [2.24, 2.45) is 17.6 Å². The molecule has 3 aliphatic carbocycles. The second kappa shape index (κ2) is 6.28. The van der Waals surface area contributed by atoms with E-state index < -0.39 is 58.0 Å². The molecule has 0 aromatic heterocycles. The van der Waals surface area contributed by atoms with Crippen LogP contribution in [0.2, 0.25) is 0 Å². The number of hydrogen-bond acceptors (Lipinski definition) is 8. The van der Waals surface area contributed by atoms with Crippen molar-refractivity contribution in [3.63, 3.8) is 0 Å². The fraction of sp³-hybridized carbons (Fsp3) is 0.435. The molecular formula is C23H24N2O7. The third kappa shape index (κ3) is 2.25. The first kappa shape index (κ1) is 20.9. The topological polar surface area (TPSA) is 154 Å². The smallest absolute Gasteiger partial charge is 0.253 e. The zero-order chi connectivity index (χ0) is 23.3. The van der Waals surface area contributed by atoms with Gasteiger partial charge in [-0.2, -0.15) is 0 Å². The standard InChI is InChI=1S/C23H24N2O7/c1-9(26)11-5-4-6-12-13(11)7-10-8-14-17(25(2)3)19(28)16(21(24)30)23(31)22(14,32-23)20(29)15(10)18(12)27/h4-6,10,14,17,28-29,31H,7-8H2,1-3H3,(H2,24,30)/t10-,14-,17-,22-,23?/m0/s1. The fourth-order valence-corrected chi connectivity index (χ4v) is 6.12. The third-order valence-corrected chi connectivity index (χ3v) is 7.40. The molecule has 1 heterocycles. The molecule has 168 valence electrons. The van der Waals surface area contributed by atoms with Gasteiger partial charge in [0.05, 0.1) is 6.04 Å². The zero-order valence-corrected chi connectivity index (χ0v) is 17.9. The molecule has 5 rings (SSSR count). The quantitative estimate of drug-likeness (QED) is 0.397. The van der Waals surface area contributed by atoms with Crippen molar-refractivity contribution in [2.45, 2.75) is 37.2 Å². The van der Waals surface area contributed by atoms with E-state index in [0.29, 0.717) is 23.1 Å². The predicted molar refractivity (Wildman–Crippen MR) is 111 cm³/mol. The van der Waals surface area contributed by atoms with Gasteiger partial charge in [-0.3, -0.25) is 19.3 Å². The number of amides is 1. The highest BCUT2D eigenvalue weighted by Crippen LogP contribution is 2.68. The molecule has 1 amide bonds. The molecule has 0 radical (unpaired) electrons. The van der Waals surface area contributed by atoms with Gasteiger partial charge in [0.25, 0.3) is 5.91 Å². The van der Waals surface area contributed by atoms with Crippen LogP contribution in [0.15, 0.2) is 40.9 Å². The Morgan fingerprint density at radius 3 is 2.53 bits per heavy atom. The van der Waals surface area contributed by atoms with Crippen molar-refractivity contribution >= 4 is 17.5 Å². The highest BCUT2D eigenvalue weighted by molar-refractivity contribution is 6.13. The van der Waals surface area contributed by atoms with E-state index >= 15 is 0 Å². The second-order valence-electron chi connectivity index (χ2n) is 9.24. The van der Waals surface area contributed by atoms with E-state index in [4.69, 9.17) is 10.5 Å². The Hall–Kier alpha value is -3.01. The Labute approximate surface area is 183 Å². The summed E-state index contributed by atoms with van der Waals surface area (Å²) in [5.41, 5.74) is 4.69. The number of carbonyl (C=O) groups is 3. The van der Waals surface area contributed by atoms with Gasteiger partial charge in [0.1, 0.15) is 17.1 Å². The average Bonchev–Trinajstić information content (AvgIpc) is 3.32. The Kier molecular flexibility index (Phi) is 4.09. The monoisotopic (exact) mass is 440 g/mol. The maximum Gasteiger partial charge on any atom is 0.253 e. The molecule has 5 N–H and O–H groups in total. The summed E-state index contributed by atoms with van der Waals surface area (Å²) in [7, 11) is 3.37. The summed E-state index contributed by atoms with van der Waals surface area (Å²) in [6, 6.07) is 4.11. The molecule has 1 aromatic carbocycles. The number of Topliss-reactive ketones (excluding diaryl/α,β-unsaturated/α-hetero) is 2. The van der Waals surface area contributed by atoms with Gasteiger partial charge in [0.15, 0.2) is 17.2 Å². The van der Waals surface area contributed by atoms with Gasteiger partial charge >= 0.3 is 0 Å². The van der Waals surface area contributed by atoms with E-state index in [9.17, 15) is 29.7 Å². The number of nitrogens with two attached hydrogens (primary N) is 1. The van der Waals surface area contributed by atoms with Crippen LogP contribution >= 0.6 is 0 Å². The lowest BCUT2D eigenvalue weighted by molar-refractivity contribution is -0.117. The minimum absolute atomic E-state index is 0.105. The minimum Gasteiger partial charge on any atom is -0.510 e. The molecule has 1 aliphatic heterocycles. The number of carbonyl (C=O) groups excluding carboxylic acids is 3. The van der Waals surface area contributed by atoms with E-state index in [1.54, 1.807) is 37.2 Å². The second-order valence-corrected chi connectivity index (χ2v) is 9.24. The van der Waals surface area contributed by atoms with Crippen LogP contribution in [0.25, 0.3) is 0 Å². The van der Waals surface area contributed by atoms with Crippen molar-refractivity contribution in [1.29, 1.82) is 0 Å². The summed E-state index contributed by atoms with van der Waals surface area (Å²) in [5, 5.41) is 33.4. The largest absolute Gasteiger partial charge is 0.510 e. The number of epoxide rings is 1. The van der Waals surface area contributed by atoms with Crippen molar-refractivity contribution < 1.29 is 34.4 Å². The van der Waals surface area contributed by atoms with Crippen molar-refractivity contribution in [1.82, 2.24) is 4.90 Å². The Balaban J connectivity index is 1.73. The van der Waals surface area contributed by atoms with Crippen LogP contribution in [0.4, 0.5) is 0 Å². The number of likely N-dealkylation sites (N-methyl/N-ethyl adjacent to an activating group) is 1. The molecule has 1 unspecified atom stereocenters. The number of primary amides is 1. The lowest BCUT2D eigenvalue weighted by Crippen LogP contribution is -2.57.